The standard InChI is InChI=1S/C16H16F2N2O2/c1-10-3-2-4-12(7-10)20-16(22)19-9-15(21)11-5-6-13(17)14(18)8-11/h2-8,15,21H,9H2,1H3,(H2,19,20,22)/t15-/m0/s1. The van der Waals surface area contributed by atoms with Gasteiger partial charge in [-0.3, -0.25) is 0 Å². The molecule has 4 nitrogen and oxygen atoms in total. The molecule has 0 aliphatic heterocycles. The number of carbonyl (C=O) groups is 1. The maximum atomic E-state index is 13.1. The van der Waals surface area contributed by atoms with Crippen LogP contribution in [0.1, 0.15) is 17.2 Å². The SMILES string of the molecule is Cc1cccc(NC(=O)NC[C@H](O)c2ccc(F)c(F)c2)c1. The molecule has 0 unspecified atom stereocenters. The van der Waals surface area contributed by atoms with Crippen LogP contribution in [-0.2, 0) is 0 Å². The minimum Gasteiger partial charge on any atom is -0.387 e. The summed E-state index contributed by atoms with van der Waals surface area (Å²) in [4.78, 5) is 11.7. The number of halogens is 2. The molecule has 2 rings (SSSR count). The Kier molecular flexibility index (Phi) is 5.06. The molecule has 0 aromatic heterocycles. The lowest BCUT2D eigenvalue weighted by Gasteiger charge is -2.13. The van der Waals surface area contributed by atoms with Gasteiger partial charge in [0.05, 0.1) is 6.10 Å². The van der Waals surface area contributed by atoms with E-state index < -0.39 is 23.8 Å². The first-order valence-electron chi connectivity index (χ1n) is 6.70. The van der Waals surface area contributed by atoms with Crippen LogP contribution < -0.4 is 10.6 Å². The number of anilines is 1. The number of nitrogens with one attached hydrogen (secondary N) is 2. The number of aliphatic hydroxyl groups excluding tert-OH is 1. The summed E-state index contributed by atoms with van der Waals surface area (Å²) in [6.07, 6.45) is -1.13. The molecule has 116 valence electrons. The van der Waals surface area contributed by atoms with Crippen LogP contribution in [-0.4, -0.2) is 17.7 Å². The van der Waals surface area contributed by atoms with E-state index in [0.717, 1.165) is 17.7 Å². The molecule has 0 aliphatic carbocycles. The lowest BCUT2D eigenvalue weighted by Crippen LogP contribution is -2.32. The summed E-state index contributed by atoms with van der Waals surface area (Å²) in [6.45, 7) is 1.78. The van der Waals surface area contributed by atoms with Gasteiger partial charge in [0.25, 0.3) is 0 Å². The molecule has 2 amide bonds. The van der Waals surface area contributed by atoms with Crippen molar-refractivity contribution in [2.45, 2.75) is 13.0 Å². The van der Waals surface area contributed by atoms with Gasteiger partial charge in [-0.15, -0.1) is 0 Å². The zero-order chi connectivity index (χ0) is 16.1. The first-order valence-corrected chi connectivity index (χ1v) is 6.70. The van der Waals surface area contributed by atoms with Crippen LogP contribution in [0.25, 0.3) is 0 Å². The summed E-state index contributed by atoms with van der Waals surface area (Å²) in [7, 11) is 0. The lowest BCUT2D eigenvalue weighted by atomic mass is 10.1. The van der Waals surface area contributed by atoms with Crippen molar-refractivity contribution in [3.05, 3.63) is 65.2 Å². The van der Waals surface area contributed by atoms with Crippen LogP contribution in [0.15, 0.2) is 42.5 Å². The largest absolute Gasteiger partial charge is 0.387 e. The second-order valence-corrected chi connectivity index (χ2v) is 4.89. The predicted octanol–water partition coefficient (Wildman–Crippen LogP) is 3.13. The topological polar surface area (TPSA) is 61.4 Å². The van der Waals surface area contributed by atoms with Crippen LogP contribution in [0.3, 0.4) is 0 Å². The molecule has 2 aromatic rings. The third-order valence-corrected chi connectivity index (χ3v) is 3.06. The van der Waals surface area contributed by atoms with Crippen LogP contribution in [0, 0.1) is 18.6 Å². The normalized spacial score (nSPS) is 11.8. The summed E-state index contributed by atoms with van der Waals surface area (Å²) >= 11 is 0. The maximum Gasteiger partial charge on any atom is 0.319 e. The van der Waals surface area contributed by atoms with Gasteiger partial charge in [-0.2, -0.15) is 0 Å². The van der Waals surface area contributed by atoms with Crippen molar-refractivity contribution < 1.29 is 18.7 Å². The van der Waals surface area contributed by atoms with Gasteiger partial charge in [0.15, 0.2) is 11.6 Å². The van der Waals surface area contributed by atoms with Crippen molar-refractivity contribution in [1.29, 1.82) is 0 Å². The van der Waals surface area contributed by atoms with Crippen molar-refractivity contribution in [3.63, 3.8) is 0 Å². The number of hydrogen-bond donors (Lipinski definition) is 3. The number of carbonyl (C=O) groups excluding carboxylic acids is 1. The Morgan fingerprint density at radius 3 is 2.64 bits per heavy atom. The van der Waals surface area contributed by atoms with E-state index in [9.17, 15) is 18.7 Å². The van der Waals surface area contributed by atoms with Gasteiger partial charge in [0.2, 0.25) is 0 Å². The molecule has 1 atom stereocenters. The van der Waals surface area contributed by atoms with Crippen LogP contribution in [0.4, 0.5) is 19.3 Å². The van der Waals surface area contributed by atoms with E-state index in [4.69, 9.17) is 0 Å². The molecule has 0 saturated carbocycles. The predicted molar refractivity (Wildman–Crippen MR) is 79.5 cm³/mol. The van der Waals surface area contributed by atoms with Crippen molar-refractivity contribution >= 4 is 11.7 Å². The Morgan fingerprint density at radius 1 is 1.18 bits per heavy atom. The molecule has 0 radical (unpaired) electrons. The number of amides is 2. The second-order valence-electron chi connectivity index (χ2n) is 4.89. The third-order valence-electron chi connectivity index (χ3n) is 3.06. The molecule has 0 saturated heterocycles. The van der Waals surface area contributed by atoms with E-state index in [1.807, 2.05) is 13.0 Å². The molecule has 0 bridgehead atoms. The van der Waals surface area contributed by atoms with Crippen LogP contribution >= 0.6 is 0 Å². The molecule has 6 heteroatoms. The Hall–Kier alpha value is -2.47. The number of urea groups is 1. The molecule has 0 heterocycles. The third kappa shape index (κ3) is 4.26. The minimum absolute atomic E-state index is 0.122. The highest BCUT2D eigenvalue weighted by atomic mass is 19.2. The highest BCUT2D eigenvalue weighted by Crippen LogP contribution is 2.15. The van der Waals surface area contributed by atoms with Crippen molar-refractivity contribution in [2.24, 2.45) is 0 Å². The van der Waals surface area contributed by atoms with Crippen LogP contribution in [0.5, 0.6) is 0 Å². The van der Waals surface area contributed by atoms with E-state index >= 15 is 0 Å². The zero-order valence-electron chi connectivity index (χ0n) is 11.9. The molecule has 22 heavy (non-hydrogen) atoms. The monoisotopic (exact) mass is 306 g/mol. The van der Waals surface area contributed by atoms with Crippen molar-refractivity contribution in [2.75, 3.05) is 11.9 Å². The second kappa shape index (κ2) is 7.00. The van der Waals surface area contributed by atoms with Gasteiger partial charge in [0.1, 0.15) is 0 Å². The molecule has 2 aromatic carbocycles. The van der Waals surface area contributed by atoms with E-state index in [2.05, 4.69) is 10.6 Å². The first-order chi connectivity index (χ1) is 10.5. The highest BCUT2D eigenvalue weighted by Gasteiger charge is 2.12. The molecule has 3 N–H and O–H groups in total. The highest BCUT2D eigenvalue weighted by molar-refractivity contribution is 5.89. The van der Waals surface area contributed by atoms with Crippen molar-refractivity contribution in [3.8, 4) is 0 Å². The Labute approximate surface area is 126 Å². The molecule has 0 fully saturated rings. The Morgan fingerprint density at radius 2 is 1.95 bits per heavy atom. The summed E-state index contributed by atoms with van der Waals surface area (Å²) in [5.74, 6) is -2.03. The van der Waals surface area contributed by atoms with Gasteiger partial charge >= 0.3 is 6.03 Å². The fraction of sp³-hybridized carbons (Fsp3) is 0.188. The number of rotatable bonds is 4. The molecule has 0 aliphatic rings. The summed E-state index contributed by atoms with van der Waals surface area (Å²) in [5.41, 5.74) is 1.81. The molecular weight excluding hydrogens is 290 g/mol. The first kappa shape index (κ1) is 15.9. The lowest BCUT2D eigenvalue weighted by molar-refractivity contribution is 0.174. The van der Waals surface area contributed by atoms with Gasteiger partial charge in [0, 0.05) is 12.2 Å². The number of aryl methyl sites for hydroxylation is 1. The van der Waals surface area contributed by atoms with E-state index in [1.165, 1.54) is 6.07 Å². The van der Waals surface area contributed by atoms with E-state index in [0.29, 0.717) is 5.69 Å². The summed E-state index contributed by atoms with van der Waals surface area (Å²) in [6, 6.07) is 9.84. The zero-order valence-corrected chi connectivity index (χ0v) is 11.9. The van der Waals surface area contributed by atoms with Gasteiger partial charge in [-0.25, -0.2) is 13.6 Å². The van der Waals surface area contributed by atoms with Gasteiger partial charge in [-0.1, -0.05) is 18.2 Å². The van der Waals surface area contributed by atoms with E-state index in [1.54, 1.807) is 18.2 Å². The fourth-order valence-corrected chi connectivity index (χ4v) is 1.92. The van der Waals surface area contributed by atoms with Gasteiger partial charge in [-0.05, 0) is 42.3 Å². The smallest absolute Gasteiger partial charge is 0.319 e. The molecule has 0 spiro atoms. The average Bonchev–Trinajstić information content (AvgIpc) is 2.47. The maximum absolute atomic E-state index is 13.1. The Balaban J connectivity index is 1.88. The van der Waals surface area contributed by atoms with Crippen molar-refractivity contribution in [1.82, 2.24) is 5.32 Å². The number of aliphatic hydroxyl groups is 1. The van der Waals surface area contributed by atoms with Gasteiger partial charge < -0.3 is 15.7 Å². The quantitative estimate of drug-likeness (QED) is 0.812. The Bertz CT molecular complexity index is 677. The van der Waals surface area contributed by atoms with Crippen LogP contribution in [0.2, 0.25) is 0 Å². The number of benzene rings is 2. The fourth-order valence-electron chi connectivity index (χ4n) is 1.92. The number of hydrogen-bond acceptors (Lipinski definition) is 2. The summed E-state index contributed by atoms with van der Waals surface area (Å²) in [5, 5.41) is 14.9. The molecular formula is C16H16F2N2O2. The summed E-state index contributed by atoms with van der Waals surface area (Å²) < 4.78 is 25.9. The minimum atomic E-state index is -1.13. The average molecular weight is 306 g/mol. The van der Waals surface area contributed by atoms with E-state index in [-0.39, 0.29) is 12.1 Å².